The molecule has 7 nitrogen and oxygen atoms in total. The lowest BCUT2D eigenvalue weighted by Gasteiger charge is -2.38. The highest BCUT2D eigenvalue weighted by Gasteiger charge is 2.35. The van der Waals surface area contributed by atoms with E-state index in [4.69, 9.17) is 10.8 Å². The third-order valence-corrected chi connectivity index (χ3v) is 8.71. The maximum absolute atomic E-state index is 12.8. The number of hydrogen-bond donors (Lipinski definition) is 2. The molecule has 1 amide bonds. The Hall–Kier alpha value is -1.93. The van der Waals surface area contributed by atoms with Crippen LogP contribution in [-0.4, -0.2) is 55.2 Å². The summed E-state index contributed by atoms with van der Waals surface area (Å²) in [5.41, 5.74) is 7.39. The first-order valence-corrected chi connectivity index (χ1v) is 13.0. The van der Waals surface area contributed by atoms with E-state index in [-0.39, 0.29) is 35.7 Å². The van der Waals surface area contributed by atoms with Crippen LogP contribution in [0.5, 0.6) is 0 Å². The van der Waals surface area contributed by atoms with Gasteiger partial charge in [-0.3, -0.25) is 9.59 Å². The minimum atomic E-state index is -3.37. The highest BCUT2D eigenvalue weighted by Crippen LogP contribution is 2.33. The zero-order valence-corrected chi connectivity index (χ0v) is 19.0. The van der Waals surface area contributed by atoms with E-state index in [1.54, 1.807) is 29.2 Å². The van der Waals surface area contributed by atoms with Crippen molar-refractivity contribution in [3.8, 4) is 0 Å². The van der Waals surface area contributed by atoms with E-state index in [2.05, 4.69) is 0 Å². The van der Waals surface area contributed by atoms with Crippen molar-refractivity contribution < 1.29 is 23.1 Å². The first-order valence-electron chi connectivity index (χ1n) is 11.2. The maximum atomic E-state index is 12.8. The Morgan fingerprint density at radius 1 is 1.10 bits per heavy atom. The maximum Gasteiger partial charge on any atom is 0.307 e. The molecular formula is C23H34N2O5S. The molecule has 1 aromatic carbocycles. The van der Waals surface area contributed by atoms with Gasteiger partial charge in [0.15, 0.2) is 9.84 Å². The van der Waals surface area contributed by atoms with Crippen LogP contribution in [0, 0.1) is 11.8 Å². The lowest BCUT2D eigenvalue weighted by molar-refractivity contribution is -0.137. The van der Waals surface area contributed by atoms with Gasteiger partial charge in [-0.05, 0) is 67.9 Å². The van der Waals surface area contributed by atoms with Crippen molar-refractivity contribution in [2.24, 2.45) is 17.6 Å². The van der Waals surface area contributed by atoms with Crippen molar-refractivity contribution in [2.45, 2.75) is 69.2 Å². The van der Waals surface area contributed by atoms with Crippen LogP contribution in [0.2, 0.25) is 0 Å². The number of sulfone groups is 1. The Kier molecular flexibility index (Phi) is 7.75. The van der Waals surface area contributed by atoms with Gasteiger partial charge in [-0.15, -0.1) is 0 Å². The Morgan fingerprint density at radius 2 is 1.71 bits per heavy atom. The van der Waals surface area contributed by atoms with E-state index in [0.717, 1.165) is 44.9 Å². The van der Waals surface area contributed by atoms with Gasteiger partial charge in [0.1, 0.15) is 0 Å². The topological polar surface area (TPSA) is 118 Å². The molecule has 0 spiro atoms. The summed E-state index contributed by atoms with van der Waals surface area (Å²) in [6.07, 6.45) is 6.10. The predicted octanol–water partition coefficient (Wildman–Crippen LogP) is 2.37. The molecule has 0 bridgehead atoms. The molecule has 172 valence electrons. The fraction of sp³-hybridized carbons (Fsp3) is 0.652. The van der Waals surface area contributed by atoms with E-state index in [1.165, 1.54) is 0 Å². The summed E-state index contributed by atoms with van der Waals surface area (Å²) in [7, 11) is -1.53. The molecule has 0 aliphatic heterocycles. The molecule has 31 heavy (non-hydrogen) atoms. The predicted molar refractivity (Wildman–Crippen MR) is 119 cm³/mol. The molecule has 0 saturated heterocycles. The van der Waals surface area contributed by atoms with E-state index in [0.29, 0.717) is 17.2 Å². The monoisotopic (exact) mass is 450 g/mol. The largest absolute Gasteiger partial charge is 0.481 e. The van der Waals surface area contributed by atoms with E-state index in [9.17, 15) is 18.0 Å². The summed E-state index contributed by atoms with van der Waals surface area (Å²) in [5.74, 6) is -0.856. The number of hydrogen-bond acceptors (Lipinski definition) is 5. The van der Waals surface area contributed by atoms with Crippen molar-refractivity contribution in [1.29, 1.82) is 0 Å². The smallest absolute Gasteiger partial charge is 0.307 e. The Bertz CT molecular complexity index is 889. The summed E-state index contributed by atoms with van der Waals surface area (Å²) in [6, 6.07) is 6.64. The second-order valence-electron chi connectivity index (χ2n) is 9.23. The number of carbonyl (C=O) groups excluding carboxylic acids is 1. The minimum absolute atomic E-state index is 0.0100. The molecule has 3 N–H and O–H groups in total. The molecule has 0 aromatic heterocycles. The first kappa shape index (κ1) is 23.7. The molecule has 0 radical (unpaired) electrons. The van der Waals surface area contributed by atoms with Crippen molar-refractivity contribution in [2.75, 3.05) is 12.8 Å². The van der Waals surface area contributed by atoms with Gasteiger partial charge in [-0.2, -0.15) is 0 Å². The highest BCUT2D eigenvalue weighted by molar-refractivity contribution is 7.90. The number of carboxylic acids is 1. The standard InChI is InChI=1S/C23H34N2O5S/c1-25(20-7-4-8-20)23(28)22(24)17-11-9-16(10-12-17)14-31(29,30)15-19-6-3-2-5-18(19)13-21(26)27/h2-3,5-6,16-17,20,22H,4,7-15,24H2,1H3,(H,26,27)/t16?,17?,22-/m0/s1. The molecule has 2 fully saturated rings. The number of aliphatic carboxylic acids is 1. The number of nitrogens with two attached hydrogens (primary N) is 1. The quantitative estimate of drug-likeness (QED) is 0.596. The highest BCUT2D eigenvalue weighted by atomic mass is 32.2. The van der Waals surface area contributed by atoms with Gasteiger partial charge >= 0.3 is 5.97 Å². The molecular weight excluding hydrogens is 416 g/mol. The van der Waals surface area contributed by atoms with Gasteiger partial charge in [-0.1, -0.05) is 24.3 Å². The van der Waals surface area contributed by atoms with Gasteiger partial charge in [0.2, 0.25) is 5.91 Å². The lowest BCUT2D eigenvalue weighted by atomic mass is 9.78. The van der Waals surface area contributed by atoms with Gasteiger partial charge in [0, 0.05) is 13.1 Å². The zero-order chi connectivity index (χ0) is 22.6. The van der Waals surface area contributed by atoms with E-state index >= 15 is 0 Å². The van der Waals surface area contributed by atoms with Crippen molar-refractivity contribution in [3.05, 3.63) is 35.4 Å². The number of amides is 1. The van der Waals surface area contributed by atoms with Crippen molar-refractivity contribution >= 4 is 21.7 Å². The Labute approximate surface area is 184 Å². The molecule has 0 unspecified atom stereocenters. The average Bonchev–Trinajstić information content (AvgIpc) is 2.66. The van der Waals surface area contributed by atoms with Crippen LogP contribution in [0.25, 0.3) is 0 Å². The van der Waals surface area contributed by atoms with Crippen molar-refractivity contribution in [1.82, 2.24) is 4.90 Å². The molecule has 2 saturated carbocycles. The zero-order valence-electron chi connectivity index (χ0n) is 18.2. The van der Waals surface area contributed by atoms with Crippen LogP contribution < -0.4 is 5.73 Å². The fourth-order valence-electron chi connectivity index (χ4n) is 4.79. The van der Waals surface area contributed by atoms with Crippen LogP contribution in [-0.2, 0) is 31.6 Å². The molecule has 0 heterocycles. The second-order valence-corrected chi connectivity index (χ2v) is 11.3. The summed E-state index contributed by atoms with van der Waals surface area (Å²) in [4.78, 5) is 25.5. The first-order chi connectivity index (χ1) is 14.7. The molecule has 8 heteroatoms. The second kappa shape index (κ2) is 10.1. The third-order valence-electron chi connectivity index (χ3n) is 6.98. The fourth-order valence-corrected chi connectivity index (χ4v) is 6.72. The van der Waals surface area contributed by atoms with E-state index in [1.807, 2.05) is 7.05 Å². The Balaban J connectivity index is 1.52. The number of likely N-dealkylation sites (N-methyl/N-ethyl adjacent to an activating group) is 1. The third kappa shape index (κ3) is 6.29. The van der Waals surface area contributed by atoms with Gasteiger partial charge in [0.05, 0.1) is 24.0 Å². The minimum Gasteiger partial charge on any atom is -0.481 e. The Morgan fingerprint density at radius 3 is 2.26 bits per heavy atom. The van der Waals surface area contributed by atoms with Gasteiger partial charge < -0.3 is 15.7 Å². The number of nitrogens with zero attached hydrogens (tertiary/aromatic N) is 1. The summed E-state index contributed by atoms with van der Waals surface area (Å²) in [5, 5.41) is 9.05. The molecule has 2 aliphatic carbocycles. The lowest BCUT2D eigenvalue weighted by Crippen LogP contribution is -2.52. The van der Waals surface area contributed by atoms with Crippen LogP contribution >= 0.6 is 0 Å². The van der Waals surface area contributed by atoms with Crippen molar-refractivity contribution in [3.63, 3.8) is 0 Å². The van der Waals surface area contributed by atoms with E-state index < -0.39 is 21.8 Å². The molecule has 2 aliphatic rings. The van der Waals surface area contributed by atoms with Gasteiger partial charge in [-0.25, -0.2) is 8.42 Å². The summed E-state index contributed by atoms with van der Waals surface area (Å²) in [6.45, 7) is 0. The normalized spacial score (nSPS) is 23.0. The summed E-state index contributed by atoms with van der Waals surface area (Å²) < 4.78 is 25.6. The number of rotatable bonds is 9. The van der Waals surface area contributed by atoms with Crippen LogP contribution in [0.15, 0.2) is 24.3 Å². The van der Waals surface area contributed by atoms with Crippen LogP contribution in [0.1, 0.15) is 56.1 Å². The molecule has 1 atom stereocenters. The summed E-state index contributed by atoms with van der Waals surface area (Å²) >= 11 is 0. The number of carboxylic acid groups (broad SMARTS) is 1. The van der Waals surface area contributed by atoms with Crippen LogP contribution in [0.3, 0.4) is 0 Å². The SMILES string of the molecule is CN(C(=O)[C@@H](N)C1CCC(CS(=O)(=O)Cc2ccccc2CC(=O)O)CC1)C1CCC1. The number of benzene rings is 1. The number of carbonyl (C=O) groups is 2. The molecule has 1 aromatic rings. The average molecular weight is 451 g/mol. The van der Waals surface area contributed by atoms with Gasteiger partial charge in [0.25, 0.3) is 0 Å². The molecule has 3 rings (SSSR count). The van der Waals surface area contributed by atoms with Crippen LogP contribution in [0.4, 0.5) is 0 Å².